The fourth-order valence-electron chi connectivity index (χ4n) is 4.18. The SMILES string of the molecule is O=C(O)[C@@H]1CCCN([C@H](C(=O)O)c2c(-c3ccccc3)[nH]c3ccccc23)C1. The van der Waals surface area contributed by atoms with Gasteiger partial charge in [-0.3, -0.25) is 14.5 Å². The third-order valence-corrected chi connectivity index (χ3v) is 5.48. The summed E-state index contributed by atoms with van der Waals surface area (Å²) in [6, 6.07) is 16.4. The summed E-state index contributed by atoms with van der Waals surface area (Å²) < 4.78 is 0. The number of fused-ring (bicyclic) bond motifs is 1. The topological polar surface area (TPSA) is 93.6 Å². The van der Waals surface area contributed by atoms with Crippen LogP contribution >= 0.6 is 0 Å². The summed E-state index contributed by atoms with van der Waals surface area (Å²) in [6.45, 7) is 0.800. The highest BCUT2D eigenvalue weighted by Gasteiger charge is 2.37. The van der Waals surface area contributed by atoms with E-state index in [1.807, 2.05) is 54.6 Å². The third kappa shape index (κ3) is 3.27. The number of benzene rings is 2. The molecule has 6 heteroatoms. The summed E-state index contributed by atoms with van der Waals surface area (Å²) in [5.74, 6) is -2.37. The maximum atomic E-state index is 12.4. The van der Waals surface area contributed by atoms with Crippen LogP contribution in [0.15, 0.2) is 54.6 Å². The summed E-state index contributed by atoms with van der Waals surface area (Å²) in [4.78, 5) is 29.1. The van der Waals surface area contributed by atoms with Gasteiger partial charge in [-0.2, -0.15) is 0 Å². The number of rotatable bonds is 5. The van der Waals surface area contributed by atoms with Gasteiger partial charge in [-0.05, 0) is 31.0 Å². The van der Waals surface area contributed by atoms with Crippen molar-refractivity contribution in [2.45, 2.75) is 18.9 Å². The van der Waals surface area contributed by atoms with Crippen molar-refractivity contribution in [3.05, 3.63) is 60.2 Å². The Labute approximate surface area is 162 Å². The number of carbonyl (C=O) groups is 2. The number of aromatic nitrogens is 1. The number of carboxylic acids is 2. The van der Waals surface area contributed by atoms with Crippen molar-refractivity contribution in [3.63, 3.8) is 0 Å². The maximum Gasteiger partial charge on any atom is 0.325 e. The van der Waals surface area contributed by atoms with E-state index in [4.69, 9.17) is 0 Å². The van der Waals surface area contributed by atoms with E-state index in [2.05, 4.69) is 4.98 Å². The van der Waals surface area contributed by atoms with Crippen LogP contribution < -0.4 is 0 Å². The van der Waals surface area contributed by atoms with E-state index in [9.17, 15) is 19.8 Å². The van der Waals surface area contributed by atoms with E-state index in [0.717, 1.165) is 22.2 Å². The molecule has 0 unspecified atom stereocenters. The zero-order valence-electron chi connectivity index (χ0n) is 15.3. The molecule has 0 aliphatic carbocycles. The summed E-state index contributed by atoms with van der Waals surface area (Å²) in [5, 5.41) is 20.4. The van der Waals surface area contributed by atoms with Gasteiger partial charge < -0.3 is 15.2 Å². The molecule has 2 atom stereocenters. The Hall–Kier alpha value is -3.12. The molecule has 1 saturated heterocycles. The summed E-state index contributed by atoms with van der Waals surface area (Å²) in [5.41, 5.74) is 3.24. The average molecular weight is 378 g/mol. The van der Waals surface area contributed by atoms with Gasteiger partial charge in [0.15, 0.2) is 0 Å². The molecule has 0 spiro atoms. The minimum absolute atomic E-state index is 0.236. The normalized spacial score (nSPS) is 18.8. The van der Waals surface area contributed by atoms with Crippen LogP contribution in [0.2, 0.25) is 0 Å². The second kappa shape index (κ2) is 7.48. The van der Waals surface area contributed by atoms with Gasteiger partial charge in [0.05, 0.1) is 11.6 Å². The fraction of sp³-hybridized carbons (Fsp3) is 0.273. The van der Waals surface area contributed by atoms with Gasteiger partial charge in [-0.1, -0.05) is 48.5 Å². The number of likely N-dealkylation sites (tertiary alicyclic amines) is 1. The first-order valence-electron chi connectivity index (χ1n) is 9.42. The van der Waals surface area contributed by atoms with Gasteiger partial charge in [-0.25, -0.2) is 0 Å². The first-order chi connectivity index (χ1) is 13.6. The molecule has 4 rings (SSSR count). The van der Waals surface area contributed by atoms with E-state index >= 15 is 0 Å². The van der Waals surface area contributed by atoms with Crippen molar-refractivity contribution < 1.29 is 19.8 Å². The second-order valence-electron chi connectivity index (χ2n) is 7.24. The molecule has 0 amide bonds. The van der Waals surface area contributed by atoms with Crippen LogP contribution in [0.1, 0.15) is 24.4 Å². The minimum Gasteiger partial charge on any atom is -0.481 e. The molecule has 144 valence electrons. The van der Waals surface area contributed by atoms with Crippen molar-refractivity contribution in [1.82, 2.24) is 9.88 Å². The van der Waals surface area contributed by atoms with E-state index in [1.165, 1.54) is 0 Å². The Balaban J connectivity index is 1.87. The molecule has 0 bridgehead atoms. The molecule has 28 heavy (non-hydrogen) atoms. The van der Waals surface area contributed by atoms with Crippen molar-refractivity contribution in [3.8, 4) is 11.3 Å². The van der Waals surface area contributed by atoms with E-state index < -0.39 is 23.9 Å². The quantitative estimate of drug-likeness (QED) is 0.629. The Kier molecular flexibility index (Phi) is 4.88. The Morgan fingerprint density at radius 1 is 1.04 bits per heavy atom. The number of H-pyrrole nitrogens is 1. The number of hydrogen-bond donors (Lipinski definition) is 3. The van der Waals surface area contributed by atoms with Crippen LogP contribution in [0.3, 0.4) is 0 Å². The Morgan fingerprint density at radius 3 is 2.46 bits per heavy atom. The molecular weight excluding hydrogens is 356 g/mol. The monoisotopic (exact) mass is 378 g/mol. The van der Waals surface area contributed by atoms with Crippen LogP contribution in [0, 0.1) is 5.92 Å². The van der Waals surface area contributed by atoms with Crippen LogP contribution in [0.4, 0.5) is 0 Å². The lowest BCUT2D eigenvalue weighted by Crippen LogP contribution is -2.43. The molecule has 0 saturated carbocycles. The van der Waals surface area contributed by atoms with Crippen molar-refractivity contribution >= 4 is 22.8 Å². The lowest BCUT2D eigenvalue weighted by atomic mass is 9.92. The highest BCUT2D eigenvalue weighted by molar-refractivity contribution is 5.95. The predicted molar refractivity (Wildman–Crippen MR) is 106 cm³/mol. The van der Waals surface area contributed by atoms with Crippen molar-refractivity contribution in [2.24, 2.45) is 5.92 Å². The maximum absolute atomic E-state index is 12.4. The number of piperidine rings is 1. The molecule has 1 aliphatic rings. The van der Waals surface area contributed by atoms with Gasteiger partial charge in [-0.15, -0.1) is 0 Å². The van der Waals surface area contributed by atoms with Gasteiger partial charge in [0.2, 0.25) is 0 Å². The molecule has 2 aromatic carbocycles. The summed E-state index contributed by atoms with van der Waals surface area (Å²) in [6.07, 6.45) is 1.25. The van der Waals surface area contributed by atoms with Gasteiger partial charge in [0.25, 0.3) is 0 Å². The van der Waals surface area contributed by atoms with Gasteiger partial charge in [0.1, 0.15) is 6.04 Å². The predicted octanol–water partition coefficient (Wildman–Crippen LogP) is 3.76. The molecule has 6 nitrogen and oxygen atoms in total. The zero-order valence-corrected chi connectivity index (χ0v) is 15.3. The highest BCUT2D eigenvalue weighted by atomic mass is 16.4. The van der Waals surface area contributed by atoms with Crippen LogP contribution in [0.5, 0.6) is 0 Å². The van der Waals surface area contributed by atoms with E-state index in [-0.39, 0.29) is 6.54 Å². The molecule has 2 heterocycles. The first-order valence-corrected chi connectivity index (χ1v) is 9.42. The molecule has 3 aromatic rings. The number of nitrogens with one attached hydrogen (secondary N) is 1. The lowest BCUT2D eigenvalue weighted by Gasteiger charge is -2.35. The van der Waals surface area contributed by atoms with Gasteiger partial charge in [0, 0.05) is 23.0 Å². The van der Waals surface area contributed by atoms with Crippen LogP contribution in [-0.4, -0.2) is 45.1 Å². The number of para-hydroxylation sites is 1. The Morgan fingerprint density at radius 2 is 1.75 bits per heavy atom. The second-order valence-corrected chi connectivity index (χ2v) is 7.24. The van der Waals surface area contributed by atoms with E-state index in [0.29, 0.717) is 24.9 Å². The van der Waals surface area contributed by atoms with Gasteiger partial charge >= 0.3 is 11.9 Å². The number of aromatic amines is 1. The summed E-state index contributed by atoms with van der Waals surface area (Å²) in [7, 11) is 0. The number of nitrogens with zero attached hydrogens (tertiary/aromatic N) is 1. The van der Waals surface area contributed by atoms with Crippen LogP contribution in [-0.2, 0) is 9.59 Å². The number of aliphatic carboxylic acids is 2. The summed E-state index contributed by atoms with van der Waals surface area (Å²) >= 11 is 0. The largest absolute Gasteiger partial charge is 0.481 e. The van der Waals surface area contributed by atoms with E-state index in [1.54, 1.807) is 4.90 Å². The molecule has 3 N–H and O–H groups in total. The Bertz CT molecular complexity index is 1010. The van der Waals surface area contributed by atoms with Crippen LogP contribution in [0.25, 0.3) is 22.2 Å². The average Bonchev–Trinajstić information content (AvgIpc) is 3.08. The molecule has 1 fully saturated rings. The number of carboxylic acid groups (broad SMARTS) is 2. The minimum atomic E-state index is -0.965. The van der Waals surface area contributed by atoms with Crippen molar-refractivity contribution in [1.29, 1.82) is 0 Å². The third-order valence-electron chi connectivity index (χ3n) is 5.48. The zero-order chi connectivity index (χ0) is 19.7. The molecular formula is C22H22N2O4. The van der Waals surface area contributed by atoms with Crippen molar-refractivity contribution in [2.75, 3.05) is 13.1 Å². The first kappa shape index (κ1) is 18.3. The highest BCUT2D eigenvalue weighted by Crippen LogP contribution is 2.38. The standard InChI is InChI=1S/C22H22N2O4/c25-21(26)15-9-6-12-24(13-15)20(22(27)28)18-16-10-4-5-11-17(16)23-19(18)14-7-2-1-3-8-14/h1-5,7-8,10-11,15,20,23H,6,9,12-13H2,(H,25,26)(H,27,28)/t15-,20+/m1/s1. The molecule has 1 aromatic heterocycles. The fourth-order valence-corrected chi connectivity index (χ4v) is 4.18. The lowest BCUT2D eigenvalue weighted by molar-refractivity contribution is -0.149. The smallest absolute Gasteiger partial charge is 0.325 e. The molecule has 0 radical (unpaired) electrons. The number of hydrogen-bond acceptors (Lipinski definition) is 3. The molecule has 1 aliphatic heterocycles.